The number of nitrogens with zero attached hydrogens (tertiary/aromatic N) is 2. The van der Waals surface area contributed by atoms with E-state index in [9.17, 15) is 27.6 Å². The van der Waals surface area contributed by atoms with E-state index < -0.39 is 35.7 Å². The number of benzene rings is 2. The van der Waals surface area contributed by atoms with Gasteiger partial charge in [0.1, 0.15) is 17.6 Å². The third-order valence-electron chi connectivity index (χ3n) is 8.90. The summed E-state index contributed by atoms with van der Waals surface area (Å²) in [5.74, 6) is -2.69. The second kappa shape index (κ2) is 15.2. The summed E-state index contributed by atoms with van der Waals surface area (Å²) in [6.45, 7) is 1.10. The molecule has 2 aromatic carbocycles. The van der Waals surface area contributed by atoms with Gasteiger partial charge in [0.2, 0.25) is 0 Å². The summed E-state index contributed by atoms with van der Waals surface area (Å²) in [5, 5.41) is 5.44. The molecule has 3 aliphatic rings. The molecule has 0 radical (unpaired) electrons. The molecule has 1 aliphatic carbocycles. The first-order valence-corrected chi connectivity index (χ1v) is 14.9. The molecule has 2 heterocycles. The van der Waals surface area contributed by atoms with Crippen LogP contribution < -0.4 is 15.4 Å². The molecule has 2 N–H and O–H groups in total. The van der Waals surface area contributed by atoms with Crippen LogP contribution in [0.2, 0.25) is 0 Å². The fourth-order valence-corrected chi connectivity index (χ4v) is 6.73. The van der Waals surface area contributed by atoms with Gasteiger partial charge in [-0.3, -0.25) is 4.90 Å². The molecule has 1 saturated carbocycles. The largest absolute Gasteiger partial charge is 0.496 e. The molecule has 4 amide bonds. The van der Waals surface area contributed by atoms with Gasteiger partial charge in [0, 0.05) is 38.3 Å². The minimum Gasteiger partial charge on any atom is -0.496 e. The number of halogens is 4. The maximum Gasteiger partial charge on any atom is 0.338 e. The van der Waals surface area contributed by atoms with Crippen LogP contribution in [0.4, 0.5) is 22.8 Å². The van der Waals surface area contributed by atoms with E-state index in [1.807, 2.05) is 0 Å². The average molecular weight is 667 g/mol. The molecule has 0 spiro atoms. The number of esters is 1. The minimum absolute atomic E-state index is 0. The second-order valence-corrected chi connectivity index (χ2v) is 11.5. The lowest BCUT2D eigenvalue weighted by molar-refractivity contribution is -0.137. The number of likely N-dealkylation sites (tertiary alicyclic amines) is 1. The number of nitrogens with one attached hydrogen (secondary N) is 2. The number of amides is 4. The first-order chi connectivity index (χ1) is 21.6. The number of imide groups is 1. The number of hydrogen-bond donors (Lipinski definition) is 2. The fourth-order valence-electron chi connectivity index (χ4n) is 6.73. The van der Waals surface area contributed by atoms with Crippen LogP contribution in [0.25, 0.3) is 0 Å². The lowest BCUT2D eigenvalue weighted by atomic mass is 9.81. The van der Waals surface area contributed by atoms with E-state index in [1.165, 1.54) is 25.3 Å². The van der Waals surface area contributed by atoms with Crippen LogP contribution in [0.5, 0.6) is 5.75 Å². The van der Waals surface area contributed by atoms with Crippen molar-refractivity contribution in [2.24, 2.45) is 0 Å². The number of hydrogen-bond acceptors (Lipinski definition) is 7. The van der Waals surface area contributed by atoms with Crippen molar-refractivity contribution in [2.45, 2.75) is 56.1 Å². The predicted octanol–water partition coefficient (Wildman–Crippen LogP) is 5.18. The van der Waals surface area contributed by atoms with Crippen LogP contribution in [-0.2, 0) is 14.3 Å². The van der Waals surface area contributed by atoms with Gasteiger partial charge < -0.3 is 24.8 Å². The fraction of sp³-hybridized carbons (Fsp3) is 0.469. The van der Waals surface area contributed by atoms with Gasteiger partial charge in [-0.2, -0.15) is 0 Å². The van der Waals surface area contributed by atoms with Crippen molar-refractivity contribution in [2.75, 3.05) is 41.0 Å². The van der Waals surface area contributed by atoms with Crippen molar-refractivity contribution in [3.05, 3.63) is 76.2 Å². The molecular formula is C32H38ClF3N4O6. The van der Waals surface area contributed by atoms with Crippen molar-refractivity contribution >= 4 is 30.4 Å². The SMILES string of the molecule is COCC1=C(C(=O)OC)C(c2ccc(F)c(F)c2)N(C(=O)NC2CCN(C3CCC(c4ccc(F)cc4OC)CC3)C2)C(=O)N1.Cl. The monoisotopic (exact) mass is 666 g/mol. The van der Waals surface area contributed by atoms with Gasteiger partial charge in [0.05, 0.1) is 32.1 Å². The maximum absolute atomic E-state index is 14.4. The van der Waals surface area contributed by atoms with Gasteiger partial charge in [-0.25, -0.2) is 32.5 Å². The van der Waals surface area contributed by atoms with E-state index in [1.54, 1.807) is 13.2 Å². The van der Waals surface area contributed by atoms with Crippen LogP contribution in [0.1, 0.15) is 55.2 Å². The van der Waals surface area contributed by atoms with Gasteiger partial charge in [-0.15, -0.1) is 12.4 Å². The Kier molecular flexibility index (Phi) is 11.6. The predicted molar refractivity (Wildman–Crippen MR) is 164 cm³/mol. The molecule has 250 valence electrons. The van der Waals surface area contributed by atoms with Crippen LogP contribution in [0.3, 0.4) is 0 Å². The summed E-state index contributed by atoms with van der Waals surface area (Å²) >= 11 is 0. The summed E-state index contributed by atoms with van der Waals surface area (Å²) in [4.78, 5) is 43.1. The third kappa shape index (κ3) is 7.26. The third-order valence-corrected chi connectivity index (χ3v) is 8.90. The van der Waals surface area contributed by atoms with Crippen molar-refractivity contribution in [1.82, 2.24) is 20.4 Å². The minimum atomic E-state index is -1.40. The molecular weight excluding hydrogens is 629 g/mol. The van der Waals surface area contributed by atoms with Gasteiger partial charge >= 0.3 is 18.0 Å². The number of ether oxygens (including phenoxy) is 3. The van der Waals surface area contributed by atoms with Crippen LogP contribution in [-0.4, -0.2) is 80.9 Å². The summed E-state index contributed by atoms with van der Waals surface area (Å²) in [7, 11) is 4.04. The first kappa shape index (κ1) is 35.1. The Morgan fingerprint density at radius 1 is 0.978 bits per heavy atom. The number of carbonyl (C=O) groups excluding carboxylic acids is 3. The average Bonchev–Trinajstić information content (AvgIpc) is 3.50. The smallest absolute Gasteiger partial charge is 0.338 e. The standard InChI is InChI=1S/C32H37F3N4O6.ClH/c1-43-17-26-28(30(40)45-3)29(19-6-11-24(34)25(35)14-19)39(32(42)37-26)31(41)36-21-12-13-38(16-21)22-8-4-18(5-9-22)23-10-7-20(33)15-27(23)44-2;/h6-7,10-11,14-15,18,21-22,29H,4-5,8-9,12-13,16-17H2,1-3H3,(H,36,41)(H,37,42);1H. The van der Waals surface area contributed by atoms with E-state index in [2.05, 4.69) is 15.5 Å². The first-order valence-electron chi connectivity index (χ1n) is 14.9. The Balaban J connectivity index is 0.00000480. The molecule has 2 unspecified atom stereocenters. The normalized spacial score (nSPS) is 23.4. The van der Waals surface area contributed by atoms with Crippen molar-refractivity contribution in [1.29, 1.82) is 0 Å². The van der Waals surface area contributed by atoms with Gasteiger partial charge in [-0.1, -0.05) is 12.1 Å². The van der Waals surface area contributed by atoms with Crippen LogP contribution in [0.15, 0.2) is 47.7 Å². The molecule has 2 aromatic rings. The number of urea groups is 2. The molecule has 5 rings (SSSR count). The Labute approximate surface area is 271 Å². The molecule has 0 aromatic heterocycles. The molecule has 46 heavy (non-hydrogen) atoms. The van der Waals surface area contributed by atoms with Crippen molar-refractivity contribution in [3.63, 3.8) is 0 Å². The second-order valence-electron chi connectivity index (χ2n) is 11.5. The highest BCUT2D eigenvalue weighted by molar-refractivity contribution is 6.01. The van der Waals surface area contributed by atoms with E-state index in [0.29, 0.717) is 24.8 Å². The van der Waals surface area contributed by atoms with Gasteiger partial charge in [0.15, 0.2) is 11.6 Å². The van der Waals surface area contributed by atoms with Crippen molar-refractivity contribution < 1.29 is 41.8 Å². The Morgan fingerprint density at radius 3 is 2.37 bits per heavy atom. The number of rotatable bonds is 8. The summed E-state index contributed by atoms with van der Waals surface area (Å²) in [6, 6.07) is 4.55. The molecule has 2 aliphatic heterocycles. The zero-order chi connectivity index (χ0) is 32.2. The Bertz CT molecular complexity index is 1490. The maximum atomic E-state index is 14.4. The molecule has 1 saturated heterocycles. The van der Waals surface area contributed by atoms with Gasteiger partial charge in [0.25, 0.3) is 0 Å². The highest BCUT2D eigenvalue weighted by atomic mass is 35.5. The van der Waals surface area contributed by atoms with E-state index in [4.69, 9.17) is 14.2 Å². The Hall–Kier alpha value is -3.81. The lowest BCUT2D eigenvalue weighted by Crippen LogP contribution is -2.56. The zero-order valence-corrected chi connectivity index (χ0v) is 26.6. The topological polar surface area (TPSA) is 109 Å². The quantitative estimate of drug-likeness (QED) is 0.374. The van der Waals surface area contributed by atoms with Crippen LogP contribution >= 0.6 is 12.4 Å². The van der Waals surface area contributed by atoms with E-state index in [0.717, 1.165) is 61.9 Å². The lowest BCUT2D eigenvalue weighted by Gasteiger charge is -2.37. The zero-order valence-electron chi connectivity index (χ0n) is 25.8. The van der Waals surface area contributed by atoms with Gasteiger partial charge in [-0.05, 0) is 67.3 Å². The van der Waals surface area contributed by atoms with E-state index in [-0.39, 0.29) is 53.6 Å². The molecule has 2 atom stereocenters. The highest BCUT2D eigenvalue weighted by Gasteiger charge is 2.44. The number of methoxy groups -OCH3 is 3. The van der Waals surface area contributed by atoms with E-state index >= 15 is 0 Å². The number of carbonyl (C=O) groups is 3. The van der Waals surface area contributed by atoms with Crippen molar-refractivity contribution in [3.8, 4) is 5.75 Å². The highest BCUT2D eigenvalue weighted by Crippen LogP contribution is 2.40. The molecule has 10 nitrogen and oxygen atoms in total. The summed E-state index contributed by atoms with van der Waals surface area (Å²) < 4.78 is 57.4. The Morgan fingerprint density at radius 2 is 1.72 bits per heavy atom. The molecule has 2 fully saturated rings. The molecule has 14 heteroatoms. The summed E-state index contributed by atoms with van der Waals surface area (Å²) in [5.41, 5.74) is 0.931. The summed E-state index contributed by atoms with van der Waals surface area (Å²) in [6.07, 6.45) is 4.31. The molecule has 0 bridgehead atoms. The van der Waals surface area contributed by atoms with Crippen LogP contribution in [0, 0.1) is 17.5 Å².